The van der Waals surface area contributed by atoms with Crippen LogP contribution in [0.4, 0.5) is 20.2 Å². The molecule has 0 aliphatic heterocycles. The van der Waals surface area contributed by atoms with Gasteiger partial charge in [0.15, 0.2) is 17.1 Å². The summed E-state index contributed by atoms with van der Waals surface area (Å²) >= 11 is 0. The van der Waals surface area contributed by atoms with Crippen molar-refractivity contribution in [1.82, 2.24) is 40.0 Å². The maximum atomic E-state index is 16.3. The third kappa shape index (κ3) is 5.76. The van der Waals surface area contributed by atoms with Crippen molar-refractivity contribution in [3.8, 4) is 33.8 Å². The topological polar surface area (TPSA) is 140 Å². The Balaban J connectivity index is 1.23. The molecule has 7 rings (SSSR count). The minimum atomic E-state index is -0.568. The Morgan fingerprint density at radius 2 is 1.80 bits per heavy atom. The Bertz CT molecular complexity index is 2070. The number of nitrogens with zero attached hydrogens (tertiary/aromatic N) is 6. The number of rotatable bonds is 9. The number of benzene rings is 1. The minimum Gasteiger partial charge on any atom is -0.384 e. The first kappa shape index (κ1) is 29.4. The van der Waals surface area contributed by atoms with Crippen LogP contribution in [0.25, 0.3) is 56.0 Å². The average molecular weight is 623 g/mol. The highest BCUT2D eigenvalue weighted by Crippen LogP contribution is 2.35. The van der Waals surface area contributed by atoms with Gasteiger partial charge in [-0.3, -0.25) is 14.9 Å². The van der Waals surface area contributed by atoms with Crippen LogP contribution < -0.4 is 10.6 Å². The van der Waals surface area contributed by atoms with E-state index in [0.717, 1.165) is 32.2 Å². The number of aromatic amines is 2. The van der Waals surface area contributed by atoms with E-state index >= 15 is 4.39 Å². The summed E-state index contributed by atoms with van der Waals surface area (Å²) in [4.78, 5) is 35.6. The number of hydrogen-bond donors (Lipinski definition) is 4. The molecule has 1 saturated carbocycles. The molecule has 0 saturated heterocycles. The van der Waals surface area contributed by atoms with Crippen LogP contribution in [0.3, 0.4) is 0 Å². The number of halogens is 2. The van der Waals surface area contributed by atoms with Crippen molar-refractivity contribution in [3.05, 3.63) is 66.8 Å². The standard InChI is InChI=1S/C33H32F2N10O/c1-45(2)10-9-37-22-12-19(11-21(34)14-22)24-7-8-38-31-28(24)41-32(42-31)29-26-27(35)25(17-39-30(26)44-43-29)20-13-23(16-36-15-20)40-33(46)18-5-3-4-6-18/h7-8,11-18,37H,3-6,9-10H2,1-2H3,(H,40,46)(H,38,41,42)(H,39,43,44). The third-order valence-electron chi connectivity index (χ3n) is 8.29. The number of hydrogen-bond acceptors (Lipinski definition) is 8. The zero-order valence-corrected chi connectivity index (χ0v) is 25.4. The highest BCUT2D eigenvalue weighted by molar-refractivity contribution is 5.97. The van der Waals surface area contributed by atoms with Gasteiger partial charge in [0.25, 0.3) is 0 Å². The predicted molar refractivity (Wildman–Crippen MR) is 173 cm³/mol. The smallest absolute Gasteiger partial charge is 0.227 e. The zero-order chi connectivity index (χ0) is 31.8. The van der Waals surface area contributed by atoms with E-state index in [2.05, 4.69) is 45.8 Å². The SMILES string of the molecule is CN(C)CCNc1cc(F)cc(-c2ccnc3nc(-c4[nH]nc5ncc(-c6cncc(NC(=O)C7CCCC7)c6)c(F)c45)[nH]c23)c1. The Morgan fingerprint density at radius 1 is 0.978 bits per heavy atom. The van der Waals surface area contributed by atoms with E-state index in [1.54, 1.807) is 24.5 Å². The van der Waals surface area contributed by atoms with Crippen LogP contribution in [0.1, 0.15) is 25.7 Å². The first-order valence-corrected chi connectivity index (χ1v) is 15.2. The summed E-state index contributed by atoms with van der Waals surface area (Å²) in [7, 11) is 3.95. The van der Waals surface area contributed by atoms with Gasteiger partial charge >= 0.3 is 0 Å². The quantitative estimate of drug-likeness (QED) is 0.154. The van der Waals surface area contributed by atoms with Crippen molar-refractivity contribution in [3.63, 3.8) is 0 Å². The first-order valence-electron chi connectivity index (χ1n) is 15.2. The Kier molecular flexibility index (Phi) is 7.83. The molecule has 13 heteroatoms. The monoisotopic (exact) mass is 622 g/mol. The van der Waals surface area contributed by atoms with E-state index in [-0.39, 0.29) is 39.9 Å². The maximum absolute atomic E-state index is 16.3. The molecule has 1 aliphatic carbocycles. The van der Waals surface area contributed by atoms with Gasteiger partial charge in [-0.1, -0.05) is 12.8 Å². The number of imidazole rings is 1. The molecule has 1 aliphatic rings. The second kappa shape index (κ2) is 12.2. The van der Waals surface area contributed by atoms with Crippen molar-refractivity contribution in [2.75, 3.05) is 37.8 Å². The molecular weight excluding hydrogens is 590 g/mol. The second-order valence-corrected chi connectivity index (χ2v) is 11.8. The Labute approximate surface area is 262 Å². The van der Waals surface area contributed by atoms with Gasteiger partial charge in [0.1, 0.15) is 17.3 Å². The normalized spacial score (nSPS) is 13.7. The van der Waals surface area contributed by atoms with Crippen molar-refractivity contribution in [2.45, 2.75) is 25.7 Å². The summed E-state index contributed by atoms with van der Waals surface area (Å²) in [6, 6.07) is 8.24. The lowest BCUT2D eigenvalue weighted by molar-refractivity contribution is -0.119. The van der Waals surface area contributed by atoms with Gasteiger partial charge in [-0.05, 0) is 62.8 Å². The van der Waals surface area contributed by atoms with Crippen LogP contribution in [-0.2, 0) is 4.79 Å². The molecule has 1 fully saturated rings. The van der Waals surface area contributed by atoms with Gasteiger partial charge in [-0.25, -0.2) is 23.7 Å². The number of carbonyl (C=O) groups is 1. The number of likely N-dealkylation sites (N-methyl/N-ethyl adjacent to an activating group) is 1. The zero-order valence-electron chi connectivity index (χ0n) is 25.4. The number of amides is 1. The Hall–Kier alpha value is -5.30. The molecule has 4 N–H and O–H groups in total. The number of carbonyl (C=O) groups excluding carboxylic acids is 1. The highest BCUT2D eigenvalue weighted by atomic mass is 19.1. The first-order chi connectivity index (χ1) is 22.3. The van der Waals surface area contributed by atoms with E-state index in [4.69, 9.17) is 0 Å². The molecular formula is C33H32F2N10O. The predicted octanol–water partition coefficient (Wildman–Crippen LogP) is 6.01. The lowest BCUT2D eigenvalue weighted by Crippen LogP contribution is -2.20. The Morgan fingerprint density at radius 3 is 2.63 bits per heavy atom. The van der Waals surface area contributed by atoms with Crippen molar-refractivity contribution in [2.24, 2.45) is 5.92 Å². The molecule has 0 unspecified atom stereocenters. The molecule has 0 bridgehead atoms. The van der Waals surface area contributed by atoms with E-state index in [1.165, 1.54) is 24.5 Å². The summed E-state index contributed by atoms with van der Waals surface area (Å²) in [5.74, 6) is -0.714. The largest absolute Gasteiger partial charge is 0.384 e. The van der Waals surface area contributed by atoms with E-state index < -0.39 is 5.82 Å². The average Bonchev–Trinajstić information content (AvgIpc) is 3.81. The molecule has 46 heavy (non-hydrogen) atoms. The minimum absolute atomic E-state index is 0.0153. The number of nitrogens with one attached hydrogen (secondary N) is 4. The fourth-order valence-electron chi connectivity index (χ4n) is 5.95. The van der Waals surface area contributed by atoms with Gasteiger partial charge < -0.3 is 20.5 Å². The van der Waals surface area contributed by atoms with Crippen molar-refractivity contribution < 1.29 is 13.6 Å². The number of H-pyrrole nitrogens is 2. The summed E-state index contributed by atoms with van der Waals surface area (Å²) in [6.07, 6.45) is 9.90. The summed E-state index contributed by atoms with van der Waals surface area (Å²) < 4.78 is 31.0. The number of pyridine rings is 3. The van der Waals surface area contributed by atoms with Crippen LogP contribution in [0.2, 0.25) is 0 Å². The molecule has 6 aromatic rings. The summed E-state index contributed by atoms with van der Waals surface area (Å²) in [6.45, 7) is 1.44. The van der Waals surface area contributed by atoms with E-state index in [9.17, 15) is 9.18 Å². The molecule has 0 spiro atoms. The molecule has 1 aromatic carbocycles. The summed E-state index contributed by atoms with van der Waals surface area (Å²) in [5, 5.41) is 13.4. The van der Waals surface area contributed by atoms with Crippen molar-refractivity contribution in [1.29, 1.82) is 0 Å². The van der Waals surface area contributed by atoms with Gasteiger partial charge in [-0.15, -0.1) is 0 Å². The number of aromatic nitrogens is 7. The van der Waals surface area contributed by atoms with Gasteiger partial charge in [0.05, 0.1) is 22.8 Å². The molecule has 0 radical (unpaired) electrons. The van der Waals surface area contributed by atoms with Crippen LogP contribution in [0.5, 0.6) is 0 Å². The van der Waals surface area contributed by atoms with Crippen LogP contribution in [-0.4, -0.2) is 73.1 Å². The van der Waals surface area contributed by atoms with E-state index in [0.29, 0.717) is 51.6 Å². The molecule has 1 amide bonds. The maximum Gasteiger partial charge on any atom is 0.227 e. The molecule has 5 aromatic heterocycles. The molecule has 234 valence electrons. The van der Waals surface area contributed by atoms with Gasteiger partial charge in [0.2, 0.25) is 5.91 Å². The summed E-state index contributed by atoms with van der Waals surface area (Å²) in [5.41, 5.74) is 4.50. The molecule has 5 heterocycles. The van der Waals surface area contributed by atoms with Crippen LogP contribution in [0.15, 0.2) is 55.1 Å². The molecule has 11 nitrogen and oxygen atoms in total. The third-order valence-corrected chi connectivity index (χ3v) is 8.29. The number of fused-ring (bicyclic) bond motifs is 2. The van der Waals surface area contributed by atoms with Crippen LogP contribution in [0, 0.1) is 17.6 Å². The highest BCUT2D eigenvalue weighted by Gasteiger charge is 2.24. The lowest BCUT2D eigenvalue weighted by atomic mass is 10.0. The van der Waals surface area contributed by atoms with E-state index in [1.807, 2.05) is 25.1 Å². The number of anilines is 2. The van der Waals surface area contributed by atoms with Crippen LogP contribution >= 0.6 is 0 Å². The fourth-order valence-corrected chi connectivity index (χ4v) is 5.95. The van der Waals surface area contributed by atoms with Crippen molar-refractivity contribution >= 4 is 39.5 Å². The fraction of sp³-hybridized carbons (Fsp3) is 0.273. The second-order valence-electron chi connectivity index (χ2n) is 11.8. The molecule has 0 atom stereocenters. The lowest BCUT2D eigenvalue weighted by Gasteiger charge is -2.13. The van der Waals surface area contributed by atoms with Gasteiger partial charge in [-0.2, -0.15) is 5.10 Å². The van der Waals surface area contributed by atoms with Gasteiger partial charge in [0, 0.05) is 60.0 Å².